The molecular formula is C13H19NO2. The number of esters is 1. The molecule has 3 nitrogen and oxygen atoms in total. The molecule has 0 aliphatic heterocycles. The van der Waals surface area contributed by atoms with Gasteiger partial charge in [-0.15, -0.1) is 0 Å². The fourth-order valence-electron chi connectivity index (χ4n) is 1.78. The lowest BCUT2D eigenvalue weighted by Crippen LogP contribution is -2.11. The molecule has 1 rings (SSSR count). The molecule has 16 heavy (non-hydrogen) atoms. The zero-order chi connectivity index (χ0) is 12.1. The number of hydrogen-bond acceptors (Lipinski definition) is 2. The molecule has 0 aliphatic carbocycles. The first-order chi connectivity index (χ1) is 7.65. The maximum absolute atomic E-state index is 11.6. The molecular weight excluding hydrogens is 202 g/mol. The molecule has 0 aromatic carbocycles. The van der Waals surface area contributed by atoms with Crippen LogP contribution in [0, 0.1) is 6.92 Å². The van der Waals surface area contributed by atoms with Crippen molar-refractivity contribution in [2.75, 3.05) is 7.11 Å². The molecule has 0 saturated carbocycles. The van der Waals surface area contributed by atoms with Gasteiger partial charge in [-0.25, -0.2) is 4.79 Å². The quantitative estimate of drug-likeness (QED) is 0.578. The minimum atomic E-state index is -0.271. The van der Waals surface area contributed by atoms with Crippen molar-refractivity contribution >= 4 is 5.97 Å². The van der Waals surface area contributed by atoms with Gasteiger partial charge in [0.25, 0.3) is 0 Å². The van der Waals surface area contributed by atoms with E-state index in [9.17, 15) is 4.79 Å². The van der Waals surface area contributed by atoms with Crippen LogP contribution < -0.4 is 0 Å². The molecule has 0 spiro atoms. The Morgan fingerprint density at radius 2 is 2.25 bits per heavy atom. The van der Waals surface area contributed by atoms with Crippen LogP contribution in [0.4, 0.5) is 0 Å². The number of ether oxygens (including phenoxy) is 1. The Bertz CT molecular complexity index is 402. The first kappa shape index (κ1) is 12.6. The van der Waals surface area contributed by atoms with Crippen molar-refractivity contribution < 1.29 is 9.53 Å². The Labute approximate surface area is 96.7 Å². The molecule has 1 heterocycles. The van der Waals surface area contributed by atoms with E-state index in [0.717, 1.165) is 12.1 Å². The zero-order valence-corrected chi connectivity index (χ0v) is 10.4. The van der Waals surface area contributed by atoms with Crippen LogP contribution in [0.3, 0.4) is 0 Å². The largest absolute Gasteiger partial charge is 0.464 e. The van der Waals surface area contributed by atoms with E-state index < -0.39 is 0 Å². The molecule has 0 saturated heterocycles. The van der Waals surface area contributed by atoms with Gasteiger partial charge in [-0.2, -0.15) is 0 Å². The van der Waals surface area contributed by atoms with E-state index >= 15 is 0 Å². The maximum atomic E-state index is 11.6. The van der Waals surface area contributed by atoms with Crippen LogP contribution >= 0.6 is 0 Å². The summed E-state index contributed by atoms with van der Waals surface area (Å²) in [6, 6.07) is 1.92. The maximum Gasteiger partial charge on any atom is 0.354 e. The summed E-state index contributed by atoms with van der Waals surface area (Å²) in [5.41, 5.74) is 2.97. The van der Waals surface area contributed by atoms with E-state index in [4.69, 9.17) is 4.74 Å². The van der Waals surface area contributed by atoms with E-state index in [0.29, 0.717) is 12.2 Å². The molecule has 0 fully saturated rings. The van der Waals surface area contributed by atoms with Crippen molar-refractivity contribution in [3.63, 3.8) is 0 Å². The second-order valence-electron chi connectivity index (χ2n) is 3.67. The van der Waals surface area contributed by atoms with Crippen LogP contribution in [0.15, 0.2) is 18.2 Å². The predicted octanol–water partition coefficient (Wildman–Crippen LogP) is 2.72. The highest BCUT2D eigenvalue weighted by Crippen LogP contribution is 2.17. The number of hydrogen-bond donors (Lipinski definition) is 0. The first-order valence-corrected chi connectivity index (χ1v) is 5.54. The van der Waals surface area contributed by atoms with Crippen molar-refractivity contribution in [3.8, 4) is 0 Å². The molecule has 1 aromatic rings. The SMILES string of the molecule is C/C=C/Cn1c(C(=O)OC)cc(CC)c1C. The standard InChI is InChI=1S/C13H19NO2/c1-5-7-8-14-10(3)11(6-2)9-12(14)13(15)16-4/h5,7,9H,6,8H2,1-4H3/b7-5+. The van der Waals surface area contributed by atoms with Crippen molar-refractivity contribution in [1.82, 2.24) is 4.57 Å². The average molecular weight is 221 g/mol. The molecule has 3 heteroatoms. The highest BCUT2D eigenvalue weighted by molar-refractivity contribution is 5.88. The van der Waals surface area contributed by atoms with Gasteiger partial charge in [0, 0.05) is 12.2 Å². The van der Waals surface area contributed by atoms with Gasteiger partial charge in [0.2, 0.25) is 0 Å². The molecule has 0 unspecified atom stereocenters. The number of carbonyl (C=O) groups excluding carboxylic acids is 1. The number of methoxy groups -OCH3 is 1. The molecule has 88 valence electrons. The van der Waals surface area contributed by atoms with Gasteiger partial charge in [-0.05, 0) is 31.9 Å². The number of carbonyl (C=O) groups is 1. The molecule has 0 amide bonds. The first-order valence-electron chi connectivity index (χ1n) is 5.54. The predicted molar refractivity (Wildman–Crippen MR) is 64.7 cm³/mol. The molecule has 1 aromatic heterocycles. The lowest BCUT2D eigenvalue weighted by atomic mass is 10.2. The smallest absolute Gasteiger partial charge is 0.354 e. The summed E-state index contributed by atoms with van der Waals surface area (Å²) in [7, 11) is 1.41. The highest BCUT2D eigenvalue weighted by Gasteiger charge is 2.16. The Kier molecular flexibility index (Phi) is 4.35. The van der Waals surface area contributed by atoms with Gasteiger partial charge < -0.3 is 9.30 Å². The third-order valence-electron chi connectivity index (χ3n) is 2.77. The number of nitrogens with zero attached hydrogens (tertiary/aromatic N) is 1. The highest BCUT2D eigenvalue weighted by atomic mass is 16.5. The van der Waals surface area contributed by atoms with Gasteiger partial charge in [-0.3, -0.25) is 0 Å². The third kappa shape index (κ3) is 2.35. The number of aromatic nitrogens is 1. The summed E-state index contributed by atoms with van der Waals surface area (Å²) in [6.07, 6.45) is 4.93. The molecule has 0 bridgehead atoms. The van der Waals surface area contributed by atoms with Crippen LogP contribution in [0.25, 0.3) is 0 Å². The molecule has 0 atom stereocenters. The van der Waals surface area contributed by atoms with Gasteiger partial charge >= 0.3 is 5.97 Å². The number of allylic oxidation sites excluding steroid dienone is 2. The molecule has 0 N–H and O–H groups in total. The van der Waals surface area contributed by atoms with Crippen LogP contribution in [0.5, 0.6) is 0 Å². The molecule has 0 radical (unpaired) electrons. The summed E-state index contributed by atoms with van der Waals surface area (Å²) in [5, 5.41) is 0. The van der Waals surface area contributed by atoms with Crippen molar-refractivity contribution in [2.24, 2.45) is 0 Å². The van der Waals surface area contributed by atoms with E-state index in [1.54, 1.807) is 0 Å². The van der Waals surface area contributed by atoms with E-state index in [-0.39, 0.29) is 5.97 Å². The average Bonchev–Trinajstić information content (AvgIpc) is 2.62. The van der Waals surface area contributed by atoms with Crippen molar-refractivity contribution in [1.29, 1.82) is 0 Å². The monoisotopic (exact) mass is 221 g/mol. The van der Waals surface area contributed by atoms with E-state index in [2.05, 4.69) is 6.92 Å². The fourth-order valence-corrected chi connectivity index (χ4v) is 1.78. The van der Waals surface area contributed by atoms with Gasteiger partial charge in [0.15, 0.2) is 0 Å². The lowest BCUT2D eigenvalue weighted by Gasteiger charge is -2.07. The molecule has 0 aliphatic rings. The Hall–Kier alpha value is -1.51. The van der Waals surface area contributed by atoms with E-state index in [1.807, 2.05) is 36.6 Å². The lowest BCUT2D eigenvalue weighted by molar-refractivity contribution is 0.0589. The van der Waals surface area contributed by atoms with Crippen molar-refractivity contribution in [2.45, 2.75) is 33.7 Å². The topological polar surface area (TPSA) is 31.2 Å². The van der Waals surface area contributed by atoms with Crippen LogP contribution in [-0.4, -0.2) is 17.6 Å². The van der Waals surface area contributed by atoms with Crippen LogP contribution in [-0.2, 0) is 17.7 Å². The number of aryl methyl sites for hydroxylation is 1. The fraction of sp³-hybridized carbons (Fsp3) is 0.462. The van der Waals surface area contributed by atoms with Crippen LogP contribution in [0.1, 0.15) is 35.6 Å². The zero-order valence-electron chi connectivity index (χ0n) is 10.4. The normalized spacial score (nSPS) is 11.0. The van der Waals surface area contributed by atoms with Gasteiger partial charge in [0.1, 0.15) is 5.69 Å². The second-order valence-corrected chi connectivity index (χ2v) is 3.67. The summed E-state index contributed by atoms with van der Waals surface area (Å²) in [6.45, 7) is 6.81. The van der Waals surface area contributed by atoms with E-state index in [1.165, 1.54) is 12.7 Å². The Balaban J connectivity index is 3.18. The Morgan fingerprint density at radius 1 is 1.56 bits per heavy atom. The third-order valence-corrected chi connectivity index (χ3v) is 2.77. The minimum Gasteiger partial charge on any atom is -0.464 e. The summed E-state index contributed by atoms with van der Waals surface area (Å²) < 4.78 is 6.78. The van der Waals surface area contributed by atoms with Crippen molar-refractivity contribution in [3.05, 3.63) is 35.2 Å². The summed E-state index contributed by atoms with van der Waals surface area (Å²) >= 11 is 0. The Morgan fingerprint density at radius 3 is 2.75 bits per heavy atom. The van der Waals surface area contributed by atoms with Gasteiger partial charge in [0.05, 0.1) is 7.11 Å². The van der Waals surface area contributed by atoms with Gasteiger partial charge in [-0.1, -0.05) is 19.1 Å². The number of rotatable bonds is 4. The summed E-state index contributed by atoms with van der Waals surface area (Å²) in [5.74, 6) is -0.271. The minimum absolute atomic E-state index is 0.271. The summed E-state index contributed by atoms with van der Waals surface area (Å²) in [4.78, 5) is 11.6. The van der Waals surface area contributed by atoms with Crippen LogP contribution in [0.2, 0.25) is 0 Å². The second kappa shape index (κ2) is 5.54.